The van der Waals surface area contributed by atoms with E-state index in [0.717, 1.165) is 42.6 Å². The first-order chi connectivity index (χ1) is 23.4. The van der Waals surface area contributed by atoms with Gasteiger partial charge in [-0.15, -0.1) is 18.3 Å². The highest BCUT2D eigenvalue weighted by Gasteiger charge is 2.43. The number of halogens is 9. The minimum absolute atomic E-state index is 0.0113. The first-order valence-corrected chi connectivity index (χ1v) is 16.4. The number of hydrogen-bond donors (Lipinski definition) is 0. The van der Waals surface area contributed by atoms with E-state index < -0.39 is 59.8 Å². The first kappa shape index (κ1) is 37.2. The monoisotopic (exact) mass is 720 g/mol. The maximum Gasteiger partial charge on any atom is 0.573 e. The van der Waals surface area contributed by atoms with Crippen LogP contribution in [-0.4, -0.2) is 38.5 Å². The van der Waals surface area contributed by atoms with Crippen molar-refractivity contribution >= 4 is 17.5 Å². The third-order valence-corrected chi connectivity index (χ3v) is 9.44. The Morgan fingerprint density at radius 2 is 1.56 bits per heavy atom. The second-order valence-corrected chi connectivity index (χ2v) is 12.9. The minimum atomic E-state index is -5.11. The number of carbonyl (C=O) groups is 1. The Bertz CT molecular complexity index is 1620. The zero-order valence-electron chi connectivity index (χ0n) is 27.5. The Balaban J connectivity index is 1.62. The van der Waals surface area contributed by atoms with Gasteiger partial charge in [-0.2, -0.15) is 31.1 Å². The van der Waals surface area contributed by atoms with Crippen molar-refractivity contribution in [1.29, 1.82) is 0 Å². The van der Waals surface area contributed by atoms with E-state index in [1.807, 2.05) is 6.92 Å². The molecule has 0 bridgehead atoms. The number of hydrogen-bond acceptors (Lipinski definition) is 6. The summed E-state index contributed by atoms with van der Waals surface area (Å²) in [5.74, 6) is -0.813. The van der Waals surface area contributed by atoms with Gasteiger partial charge in [0.25, 0.3) is 5.95 Å². The fourth-order valence-electron chi connectivity index (χ4n) is 7.17. The molecular formula is C33H37F9N6O2. The largest absolute Gasteiger partial charge is 0.573 e. The average molecular weight is 721 g/mol. The van der Waals surface area contributed by atoms with Gasteiger partial charge in [-0.05, 0) is 91.6 Å². The zero-order chi connectivity index (χ0) is 36.6. The topological polar surface area (TPSA) is 76.4 Å². The highest BCUT2D eigenvalue weighted by Crippen LogP contribution is 2.47. The molecule has 1 amide bonds. The van der Waals surface area contributed by atoms with Gasteiger partial charge in [-0.1, -0.05) is 31.8 Å². The molecule has 8 nitrogen and oxygen atoms in total. The van der Waals surface area contributed by atoms with Gasteiger partial charge in [0.1, 0.15) is 5.75 Å². The van der Waals surface area contributed by atoms with Crippen LogP contribution in [0.1, 0.15) is 93.5 Å². The summed E-state index contributed by atoms with van der Waals surface area (Å²) in [6.45, 7) is 3.31. The van der Waals surface area contributed by atoms with Crippen LogP contribution in [0.15, 0.2) is 36.4 Å². The van der Waals surface area contributed by atoms with Gasteiger partial charge >= 0.3 is 18.7 Å². The Labute approximate surface area is 282 Å². The van der Waals surface area contributed by atoms with Gasteiger partial charge in [0.2, 0.25) is 5.91 Å². The number of benzene rings is 2. The van der Waals surface area contributed by atoms with Crippen LogP contribution >= 0.6 is 0 Å². The van der Waals surface area contributed by atoms with Crippen molar-refractivity contribution in [2.24, 2.45) is 18.9 Å². The molecule has 2 aliphatic rings. The summed E-state index contributed by atoms with van der Waals surface area (Å²) < 4.78 is 127. The predicted octanol–water partition coefficient (Wildman–Crippen LogP) is 9.02. The van der Waals surface area contributed by atoms with Gasteiger partial charge in [0.05, 0.1) is 24.2 Å². The number of carbonyl (C=O) groups excluding carboxylic acids is 1. The molecule has 1 unspecified atom stereocenters. The molecule has 1 aromatic heterocycles. The molecular weight excluding hydrogens is 683 g/mol. The Morgan fingerprint density at radius 1 is 0.920 bits per heavy atom. The lowest BCUT2D eigenvalue weighted by atomic mass is 9.78. The third kappa shape index (κ3) is 8.45. The van der Waals surface area contributed by atoms with Gasteiger partial charge in [0, 0.05) is 29.8 Å². The summed E-state index contributed by atoms with van der Waals surface area (Å²) in [6, 6.07) is 3.11. The standard InChI is InChI=1S/C33H37F9N6O2/c1-4-6-19-7-9-21(10-8-19)29(49)48-24(5-2)16-28(26-17-25(11-12-27(26)48)50-33(40,41)42)47(30-43-45-46(3)44-30)18-20-13-22(31(34,35)36)15-23(14-20)32(37,38)39/h11-15,17,19,21,24,28H,4-10,16,18H2,1-3H3/t19-,21-,24-,28?/m1/s1. The van der Waals surface area contributed by atoms with Crippen molar-refractivity contribution in [3.63, 3.8) is 0 Å². The summed E-state index contributed by atoms with van der Waals surface area (Å²) >= 11 is 0. The van der Waals surface area contributed by atoms with Gasteiger partial charge in [0.15, 0.2) is 0 Å². The van der Waals surface area contributed by atoms with Crippen molar-refractivity contribution < 1.29 is 49.0 Å². The average Bonchev–Trinajstić information content (AvgIpc) is 3.47. The number of tetrazole rings is 1. The highest BCUT2D eigenvalue weighted by molar-refractivity contribution is 5.97. The second-order valence-electron chi connectivity index (χ2n) is 12.9. The molecule has 17 heteroatoms. The molecule has 1 aliphatic carbocycles. The molecule has 3 aromatic rings. The lowest BCUT2D eigenvalue weighted by Gasteiger charge is -2.45. The lowest BCUT2D eigenvalue weighted by Crippen LogP contribution is -2.50. The van der Waals surface area contributed by atoms with Crippen LogP contribution in [0, 0.1) is 11.8 Å². The fourth-order valence-corrected chi connectivity index (χ4v) is 7.17. The van der Waals surface area contributed by atoms with Crippen molar-refractivity contribution in [2.75, 3.05) is 9.80 Å². The molecule has 0 saturated heterocycles. The summed E-state index contributed by atoms with van der Waals surface area (Å²) in [5.41, 5.74) is -3.07. The van der Waals surface area contributed by atoms with Crippen molar-refractivity contribution in [2.45, 2.75) is 103 Å². The molecule has 274 valence electrons. The molecule has 50 heavy (non-hydrogen) atoms. The molecule has 1 fully saturated rings. The number of aromatic nitrogens is 4. The second kappa shape index (κ2) is 14.3. The quantitative estimate of drug-likeness (QED) is 0.206. The SMILES string of the molecule is CCC[C@H]1CC[C@H](C(=O)N2c3ccc(OC(F)(F)F)cc3C(N(Cc3cc(C(F)(F)F)cc(C(F)(F)F)c3)c3nnn(C)n3)C[C@H]2CC)CC1. The molecule has 5 rings (SSSR count). The normalized spacial score (nSPS) is 21.6. The minimum Gasteiger partial charge on any atom is -0.406 e. The van der Waals surface area contributed by atoms with Gasteiger partial charge in [-0.3, -0.25) is 4.79 Å². The highest BCUT2D eigenvalue weighted by atomic mass is 19.4. The molecule has 2 aromatic carbocycles. The molecule has 0 spiro atoms. The molecule has 2 atom stereocenters. The summed E-state index contributed by atoms with van der Waals surface area (Å²) in [7, 11) is 1.40. The van der Waals surface area contributed by atoms with Crippen LogP contribution < -0.4 is 14.5 Å². The number of fused-ring (bicyclic) bond motifs is 1. The van der Waals surface area contributed by atoms with Gasteiger partial charge < -0.3 is 14.5 Å². The maximum atomic E-state index is 14.2. The van der Waals surface area contributed by atoms with E-state index in [4.69, 9.17) is 0 Å². The molecule has 2 heterocycles. The van der Waals surface area contributed by atoms with E-state index in [1.165, 1.54) is 18.0 Å². The summed E-state index contributed by atoms with van der Waals surface area (Å²) in [6.07, 6.45) is -9.76. The Hall–Kier alpha value is -4.05. The van der Waals surface area contributed by atoms with Crippen molar-refractivity contribution in [3.05, 3.63) is 58.7 Å². The Morgan fingerprint density at radius 3 is 2.08 bits per heavy atom. The number of alkyl halides is 9. The van der Waals surface area contributed by atoms with Crippen LogP contribution in [0.2, 0.25) is 0 Å². The zero-order valence-corrected chi connectivity index (χ0v) is 27.5. The maximum absolute atomic E-state index is 14.2. The van der Waals surface area contributed by atoms with Crippen molar-refractivity contribution in [3.8, 4) is 5.75 Å². The van der Waals surface area contributed by atoms with E-state index in [2.05, 4.69) is 27.1 Å². The molecule has 1 saturated carbocycles. The van der Waals surface area contributed by atoms with E-state index in [1.54, 1.807) is 4.90 Å². The lowest BCUT2D eigenvalue weighted by molar-refractivity contribution is -0.274. The summed E-state index contributed by atoms with van der Waals surface area (Å²) in [4.78, 5) is 18.1. The van der Waals surface area contributed by atoms with Crippen LogP contribution in [0.5, 0.6) is 5.75 Å². The predicted molar refractivity (Wildman–Crippen MR) is 164 cm³/mol. The number of aryl methyl sites for hydroxylation is 1. The number of anilines is 2. The number of nitrogens with zero attached hydrogens (tertiary/aromatic N) is 6. The number of rotatable bonds is 9. The number of ether oxygens (including phenoxy) is 1. The van der Waals surface area contributed by atoms with Gasteiger partial charge in [-0.25, -0.2) is 0 Å². The van der Waals surface area contributed by atoms with Crippen LogP contribution in [0.25, 0.3) is 0 Å². The van der Waals surface area contributed by atoms with E-state index in [-0.39, 0.29) is 41.5 Å². The van der Waals surface area contributed by atoms with Crippen LogP contribution in [0.4, 0.5) is 51.1 Å². The van der Waals surface area contributed by atoms with E-state index in [9.17, 15) is 44.3 Å². The number of amides is 1. The van der Waals surface area contributed by atoms with Crippen LogP contribution in [-0.2, 0) is 30.7 Å². The summed E-state index contributed by atoms with van der Waals surface area (Å²) in [5, 5.41) is 11.9. The molecule has 0 N–H and O–H groups in total. The van der Waals surface area contributed by atoms with Crippen molar-refractivity contribution in [1.82, 2.24) is 20.2 Å². The Kier molecular flexibility index (Phi) is 10.6. The first-order valence-electron chi connectivity index (χ1n) is 16.4. The van der Waals surface area contributed by atoms with Crippen LogP contribution in [0.3, 0.4) is 0 Å². The smallest absolute Gasteiger partial charge is 0.406 e. The van der Waals surface area contributed by atoms with E-state index in [0.29, 0.717) is 37.3 Å². The fraction of sp³-hybridized carbons (Fsp3) is 0.576. The third-order valence-electron chi connectivity index (χ3n) is 9.44. The molecule has 0 radical (unpaired) electrons. The molecule has 1 aliphatic heterocycles. The van der Waals surface area contributed by atoms with E-state index >= 15 is 0 Å².